The van der Waals surface area contributed by atoms with E-state index in [0.717, 1.165) is 11.2 Å². The van der Waals surface area contributed by atoms with Crippen molar-refractivity contribution >= 4 is 17.8 Å². The summed E-state index contributed by atoms with van der Waals surface area (Å²) < 4.78 is 1.74. The van der Waals surface area contributed by atoms with Gasteiger partial charge in [0.05, 0.1) is 11.9 Å². The van der Waals surface area contributed by atoms with Crippen LogP contribution in [0.1, 0.15) is 27.3 Å². The summed E-state index contributed by atoms with van der Waals surface area (Å²) in [5, 5.41) is 13.3. The Labute approximate surface area is 133 Å². The van der Waals surface area contributed by atoms with Crippen molar-refractivity contribution < 1.29 is 9.90 Å². The van der Waals surface area contributed by atoms with Gasteiger partial charge in [-0.1, -0.05) is 12.1 Å². The van der Waals surface area contributed by atoms with E-state index in [0.29, 0.717) is 17.0 Å². The first-order valence-corrected chi connectivity index (χ1v) is 7.12. The van der Waals surface area contributed by atoms with Crippen LogP contribution in [-0.2, 0) is 0 Å². The third kappa shape index (κ3) is 3.06. The van der Waals surface area contributed by atoms with E-state index in [-0.39, 0.29) is 11.7 Å². The third-order valence-electron chi connectivity index (χ3n) is 3.42. The average molecular weight is 308 g/mol. The maximum absolute atomic E-state index is 12.3. The fraction of sp³-hybridized carbons (Fsp3) is 0.118. The molecule has 3 aromatic rings. The van der Waals surface area contributed by atoms with Crippen molar-refractivity contribution in [2.75, 3.05) is 0 Å². The molecule has 116 valence electrons. The number of rotatable bonds is 3. The van der Waals surface area contributed by atoms with Crippen molar-refractivity contribution in [2.24, 2.45) is 5.10 Å². The number of nitrogens with one attached hydrogen (secondary N) is 1. The van der Waals surface area contributed by atoms with E-state index in [4.69, 9.17) is 0 Å². The molecule has 6 heteroatoms. The SMILES string of the molecule is Cc1ccn2c(C(=O)N/N=C/c3cccc(O)c3)c(C)nc2c1. The van der Waals surface area contributed by atoms with E-state index in [2.05, 4.69) is 15.5 Å². The summed E-state index contributed by atoms with van der Waals surface area (Å²) in [5.41, 5.74) is 6.08. The molecule has 0 saturated heterocycles. The number of aryl methyl sites for hydroxylation is 2. The molecule has 0 aliphatic rings. The zero-order valence-corrected chi connectivity index (χ0v) is 12.8. The van der Waals surface area contributed by atoms with Gasteiger partial charge >= 0.3 is 0 Å². The molecule has 23 heavy (non-hydrogen) atoms. The number of phenolic OH excluding ortho intramolecular Hbond substituents is 1. The fourth-order valence-corrected chi connectivity index (χ4v) is 2.36. The number of hydrogen-bond donors (Lipinski definition) is 2. The highest BCUT2D eigenvalue weighted by atomic mass is 16.3. The Hall–Kier alpha value is -3.15. The molecule has 0 aliphatic heterocycles. The number of imidazole rings is 1. The number of aromatic nitrogens is 2. The Kier molecular flexibility index (Phi) is 3.80. The molecule has 2 aromatic heterocycles. The molecule has 0 spiro atoms. The van der Waals surface area contributed by atoms with E-state index >= 15 is 0 Å². The zero-order valence-electron chi connectivity index (χ0n) is 12.8. The van der Waals surface area contributed by atoms with Crippen LogP contribution >= 0.6 is 0 Å². The quantitative estimate of drug-likeness (QED) is 0.576. The van der Waals surface area contributed by atoms with Crippen molar-refractivity contribution in [1.82, 2.24) is 14.8 Å². The Morgan fingerprint density at radius 1 is 1.30 bits per heavy atom. The van der Waals surface area contributed by atoms with E-state index < -0.39 is 0 Å². The summed E-state index contributed by atoms with van der Waals surface area (Å²) in [5.74, 6) is -0.191. The highest BCUT2D eigenvalue weighted by Crippen LogP contribution is 2.13. The molecule has 1 aromatic carbocycles. The lowest BCUT2D eigenvalue weighted by atomic mass is 10.2. The van der Waals surface area contributed by atoms with Crippen LogP contribution in [-0.4, -0.2) is 26.6 Å². The summed E-state index contributed by atoms with van der Waals surface area (Å²) in [7, 11) is 0. The summed E-state index contributed by atoms with van der Waals surface area (Å²) >= 11 is 0. The maximum atomic E-state index is 12.3. The number of pyridine rings is 1. The zero-order chi connectivity index (χ0) is 16.4. The van der Waals surface area contributed by atoms with Crippen molar-refractivity contribution in [3.05, 3.63) is 65.1 Å². The minimum Gasteiger partial charge on any atom is -0.508 e. The van der Waals surface area contributed by atoms with Crippen molar-refractivity contribution in [3.8, 4) is 5.75 Å². The molecular weight excluding hydrogens is 292 g/mol. The summed E-state index contributed by atoms with van der Waals surface area (Å²) in [6.07, 6.45) is 3.29. The lowest BCUT2D eigenvalue weighted by Crippen LogP contribution is -2.20. The van der Waals surface area contributed by atoms with Gasteiger partial charge in [0.1, 0.15) is 17.1 Å². The number of amides is 1. The average Bonchev–Trinajstić information content (AvgIpc) is 2.82. The molecule has 1 amide bonds. The monoisotopic (exact) mass is 308 g/mol. The number of phenols is 1. The van der Waals surface area contributed by atoms with Crippen LogP contribution < -0.4 is 5.43 Å². The number of nitrogens with zero attached hydrogens (tertiary/aromatic N) is 3. The van der Waals surface area contributed by atoms with Crippen LogP contribution in [0.15, 0.2) is 47.7 Å². The second-order valence-electron chi connectivity index (χ2n) is 5.27. The lowest BCUT2D eigenvalue weighted by molar-refractivity contribution is 0.0948. The van der Waals surface area contributed by atoms with Gasteiger partial charge in [-0.25, -0.2) is 10.4 Å². The van der Waals surface area contributed by atoms with Crippen LogP contribution in [0, 0.1) is 13.8 Å². The second kappa shape index (κ2) is 5.92. The first-order valence-electron chi connectivity index (χ1n) is 7.12. The van der Waals surface area contributed by atoms with Gasteiger partial charge in [0, 0.05) is 6.20 Å². The van der Waals surface area contributed by atoms with Crippen LogP contribution in [0.5, 0.6) is 5.75 Å². The molecule has 2 N–H and O–H groups in total. The largest absolute Gasteiger partial charge is 0.508 e. The molecule has 6 nitrogen and oxygen atoms in total. The smallest absolute Gasteiger partial charge is 0.290 e. The molecule has 0 aliphatic carbocycles. The summed E-state index contributed by atoms with van der Waals surface area (Å²) in [6.45, 7) is 3.76. The van der Waals surface area contributed by atoms with E-state index in [1.54, 1.807) is 35.6 Å². The molecule has 0 fully saturated rings. The number of aromatic hydroxyl groups is 1. The van der Waals surface area contributed by atoms with Gasteiger partial charge in [0.15, 0.2) is 0 Å². The van der Waals surface area contributed by atoms with Gasteiger partial charge in [0.2, 0.25) is 0 Å². The molecule has 3 rings (SSSR count). The van der Waals surface area contributed by atoms with Gasteiger partial charge in [-0.2, -0.15) is 5.10 Å². The number of hydrogen-bond acceptors (Lipinski definition) is 4. The summed E-state index contributed by atoms with van der Waals surface area (Å²) in [4.78, 5) is 16.7. The Morgan fingerprint density at radius 2 is 2.13 bits per heavy atom. The van der Waals surface area contributed by atoms with Gasteiger partial charge in [0.25, 0.3) is 5.91 Å². The third-order valence-corrected chi connectivity index (χ3v) is 3.42. The van der Waals surface area contributed by atoms with Crippen molar-refractivity contribution in [2.45, 2.75) is 13.8 Å². The molecule has 0 bridgehead atoms. The molecule has 0 radical (unpaired) electrons. The predicted octanol–water partition coefficient (Wildman–Crippen LogP) is 2.42. The fourth-order valence-electron chi connectivity index (χ4n) is 2.36. The van der Waals surface area contributed by atoms with E-state index in [1.807, 2.05) is 25.3 Å². The lowest BCUT2D eigenvalue weighted by Gasteiger charge is -2.02. The van der Waals surface area contributed by atoms with Crippen LogP contribution in [0.2, 0.25) is 0 Å². The Morgan fingerprint density at radius 3 is 2.91 bits per heavy atom. The molecule has 0 saturated carbocycles. The topological polar surface area (TPSA) is 79.0 Å². The van der Waals surface area contributed by atoms with Crippen LogP contribution in [0.25, 0.3) is 5.65 Å². The van der Waals surface area contributed by atoms with E-state index in [9.17, 15) is 9.90 Å². The Balaban J connectivity index is 1.82. The summed E-state index contributed by atoms with van der Waals surface area (Å²) in [6, 6.07) is 10.4. The van der Waals surface area contributed by atoms with Crippen LogP contribution in [0.4, 0.5) is 0 Å². The van der Waals surface area contributed by atoms with Gasteiger partial charge in [-0.05, 0) is 49.2 Å². The highest BCUT2D eigenvalue weighted by molar-refractivity contribution is 5.95. The number of carbonyl (C=O) groups is 1. The van der Waals surface area contributed by atoms with Gasteiger partial charge in [-0.3, -0.25) is 9.20 Å². The first kappa shape index (κ1) is 14.8. The van der Waals surface area contributed by atoms with Crippen molar-refractivity contribution in [3.63, 3.8) is 0 Å². The normalized spacial score (nSPS) is 11.2. The standard InChI is InChI=1S/C17H16N4O2/c1-11-6-7-21-15(8-11)19-12(2)16(21)17(23)20-18-10-13-4-3-5-14(22)9-13/h3-10,22H,1-2H3,(H,20,23)/b18-10+. The molecule has 0 unspecified atom stereocenters. The number of hydrazone groups is 1. The minimum absolute atomic E-state index is 0.147. The maximum Gasteiger partial charge on any atom is 0.290 e. The molecule has 0 atom stereocenters. The van der Waals surface area contributed by atoms with Gasteiger partial charge in [-0.15, -0.1) is 0 Å². The second-order valence-corrected chi connectivity index (χ2v) is 5.27. The first-order chi connectivity index (χ1) is 11.0. The van der Waals surface area contributed by atoms with Crippen molar-refractivity contribution in [1.29, 1.82) is 0 Å². The van der Waals surface area contributed by atoms with Gasteiger partial charge < -0.3 is 5.11 Å². The highest BCUT2D eigenvalue weighted by Gasteiger charge is 2.15. The molecule has 2 heterocycles. The predicted molar refractivity (Wildman–Crippen MR) is 87.8 cm³/mol. The van der Waals surface area contributed by atoms with Crippen LogP contribution in [0.3, 0.4) is 0 Å². The number of benzene rings is 1. The van der Waals surface area contributed by atoms with E-state index in [1.165, 1.54) is 6.21 Å². The number of carbonyl (C=O) groups excluding carboxylic acids is 1. The molecular formula is C17H16N4O2. The minimum atomic E-state index is -0.338. The Bertz CT molecular complexity index is 912. The number of fused-ring (bicyclic) bond motifs is 1.